The molecule has 0 spiro atoms. The van der Waals surface area contributed by atoms with Crippen molar-refractivity contribution in [2.45, 2.75) is 25.6 Å². The molecule has 0 aliphatic rings. The number of carbonyl (C=O) groups excluding carboxylic acids is 1. The van der Waals surface area contributed by atoms with Crippen LogP contribution in [0.5, 0.6) is 11.5 Å². The molecule has 32 heavy (non-hydrogen) atoms. The first-order chi connectivity index (χ1) is 15.3. The molecule has 0 heterocycles. The molecule has 0 radical (unpaired) electrons. The van der Waals surface area contributed by atoms with Gasteiger partial charge >= 0.3 is 6.18 Å². The number of hydrogen-bond acceptors (Lipinski definition) is 4. The summed E-state index contributed by atoms with van der Waals surface area (Å²) in [5, 5.41) is 16.3. The van der Waals surface area contributed by atoms with Crippen LogP contribution in [0.4, 0.5) is 13.2 Å². The van der Waals surface area contributed by atoms with Crippen molar-refractivity contribution in [1.82, 2.24) is 10.6 Å². The molecule has 3 N–H and O–H groups in total. The number of ether oxygens (including phenoxy) is 1. The molecule has 8 heteroatoms. The number of carbonyl (C=O) groups is 1. The molecule has 0 fully saturated rings. The van der Waals surface area contributed by atoms with Crippen LogP contribution in [0.25, 0.3) is 10.8 Å². The zero-order valence-electron chi connectivity index (χ0n) is 17.6. The molecule has 0 saturated heterocycles. The van der Waals surface area contributed by atoms with Crippen LogP contribution in [0.1, 0.15) is 29.3 Å². The third-order valence-electron chi connectivity index (χ3n) is 4.93. The summed E-state index contributed by atoms with van der Waals surface area (Å²) in [6.45, 7) is 3.19. The minimum absolute atomic E-state index is 0.0428. The van der Waals surface area contributed by atoms with Crippen molar-refractivity contribution in [2.75, 3.05) is 19.7 Å². The van der Waals surface area contributed by atoms with Gasteiger partial charge in [-0.1, -0.05) is 12.1 Å². The average molecular weight is 446 g/mol. The Morgan fingerprint density at radius 2 is 1.81 bits per heavy atom. The summed E-state index contributed by atoms with van der Waals surface area (Å²) in [4.78, 5) is 12.6. The van der Waals surface area contributed by atoms with E-state index in [0.29, 0.717) is 24.4 Å². The van der Waals surface area contributed by atoms with Gasteiger partial charge in [-0.3, -0.25) is 4.79 Å². The second kappa shape index (κ2) is 10.5. The highest BCUT2D eigenvalue weighted by atomic mass is 19.4. The minimum Gasteiger partial charge on any atom is -0.457 e. The lowest BCUT2D eigenvalue weighted by Gasteiger charge is -2.15. The number of aliphatic hydroxyl groups excluding tert-OH is 1. The Balaban J connectivity index is 1.70. The monoisotopic (exact) mass is 446 g/mol. The number of halogens is 3. The summed E-state index contributed by atoms with van der Waals surface area (Å²) < 4.78 is 44.0. The highest BCUT2D eigenvalue weighted by Crippen LogP contribution is 2.33. The molecule has 3 rings (SSSR count). The lowest BCUT2D eigenvalue weighted by atomic mass is 10.1. The zero-order chi connectivity index (χ0) is 23.1. The van der Waals surface area contributed by atoms with Gasteiger partial charge in [0.1, 0.15) is 11.5 Å². The van der Waals surface area contributed by atoms with E-state index in [1.54, 1.807) is 30.3 Å². The Kier molecular flexibility index (Phi) is 7.71. The van der Waals surface area contributed by atoms with Crippen molar-refractivity contribution < 1.29 is 27.8 Å². The molecule has 3 aromatic rings. The van der Waals surface area contributed by atoms with E-state index >= 15 is 0 Å². The molecule has 0 aromatic heterocycles. The SMILES string of the molecule is C[C@H](CCNCCO)NC(=O)c1ccc2c(Oc3ccc(C(F)(F)F)cc3)cccc2c1. The normalized spacial score (nSPS) is 12.5. The number of amides is 1. The van der Waals surface area contributed by atoms with Gasteiger partial charge in [-0.2, -0.15) is 13.2 Å². The summed E-state index contributed by atoms with van der Waals surface area (Å²) in [7, 11) is 0. The molecule has 0 saturated carbocycles. The summed E-state index contributed by atoms with van der Waals surface area (Å²) >= 11 is 0. The summed E-state index contributed by atoms with van der Waals surface area (Å²) in [5.41, 5.74) is -0.240. The fourth-order valence-electron chi connectivity index (χ4n) is 3.23. The molecule has 0 aliphatic heterocycles. The minimum atomic E-state index is -4.40. The highest BCUT2D eigenvalue weighted by molar-refractivity contribution is 6.00. The number of alkyl halides is 3. The fourth-order valence-corrected chi connectivity index (χ4v) is 3.23. The predicted molar refractivity (Wildman–Crippen MR) is 117 cm³/mol. The molecule has 0 aliphatic carbocycles. The molecule has 1 amide bonds. The maximum Gasteiger partial charge on any atom is 0.416 e. The Bertz CT molecular complexity index is 1050. The van der Waals surface area contributed by atoms with Crippen LogP contribution in [-0.2, 0) is 6.18 Å². The Labute approximate surface area is 184 Å². The topological polar surface area (TPSA) is 70.6 Å². The quantitative estimate of drug-likeness (QED) is 0.415. The largest absolute Gasteiger partial charge is 0.457 e. The van der Waals surface area contributed by atoms with Crippen LogP contribution in [-0.4, -0.2) is 36.8 Å². The van der Waals surface area contributed by atoms with E-state index in [4.69, 9.17) is 9.84 Å². The van der Waals surface area contributed by atoms with Gasteiger partial charge in [0.2, 0.25) is 0 Å². The van der Waals surface area contributed by atoms with E-state index in [0.717, 1.165) is 29.3 Å². The second-order valence-corrected chi connectivity index (χ2v) is 7.45. The Hall–Kier alpha value is -3.10. The van der Waals surface area contributed by atoms with Gasteiger partial charge in [0.05, 0.1) is 12.2 Å². The van der Waals surface area contributed by atoms with Crippen LogP contribution in [0.3, 0.4) is 0 Å². The Morgan fingerprint density at radius 3 is 2.50 bits per heavy atom. The van der Waals surface area contributed by atoms with Gasteiger partial charge in [0.25, 0.3) is 5.91 Å². The predicted octanol–water partition coefficient (Wildman–Crippen LogP) is 4.74. The molecular weight excluding hydrogens is 421 g/mol. The molecule has 170 valence electrons. The van der Waals surface area contributed by atoms with Gasteiger partial charge in [-0.15, -0.1) is 0 Å². The van der Waals surface area contributed by atoms with E-state index in [2.05, 4.69) is 10.6 Å². The van der Waals surface area contributed by atoms with E-state index in [-0.39, 0.29) is 24.3 Å². The number of benzene rings is 3. The van der Waals surface area contributed by atoms with Crippen molar-refractivity contribution in [2.24, 2.45) is 0 Å². The van der Waals surface area contributed by atoms with Crippen LogP contribution in [0, 0.1) is 0 Å². The second-order valence-electron chi connectivity index (χ2n) is 7.45. The summed E-state index contributed by atoms with van der Waals surface area (Å²) in [5.74, 6) is 0.573. The van der Waals surface area contributed by atoms with Crippen molar-refractivity contribution in [1.29, 1.82) is 0 Å². The van der Waals surface area contributed by atoms with Gasteiger partial charge in [-0.05, 0) is 73.8 Å². The highest BCUT2D eigenvalue weighted by Gasteiger charge is 2.30. The van der Waals surface area contributed by atoms with Gasteiger partial charge < -0.3 is 20.5 Å². The van der Waals surface area contributed by atoms with Gasteiger partial charge in [-0.25, -0.2) is 0 Å². The first-order valence-electron chi connectivity index (χ1n) is 10.3. The third kappa shape index (κ3) is 6.21. The maximum atomic E-state index is 12.7. The van der Waals surface area contributed by atoms with E-state index in [1.165, 1.54) is 12.1 Å². The smallest absolute Gasteiger partial charge is 0.416 e. The van der Waals surface area contributed by atoms with Crippen LogP contribution in [0.2, 0.25) is 0 Å². The van der Waals surface area contributed by atoms with Crippen LogP contribution < -0.4 is 15.4 Å². The lowest BCUT2D eigenvalue weighted by molar-refractivity contribution is -0.137. The van der Waals surface area contributed by atoms with Gasteiger partial charge in [0.15, 0.2) is 0 Å². The zero-order valence-corrected chi connectivity index (χ0v) is 17.6. The van der Waals surface area contributed by atoms with E-state index in [9.17, 15) is 18.0 Å². The van der Waals surface area contributed by atoms with Crippen molar-refractivity contribution >= 4 is 16.7 Å². The molecule has 0 bridgehead atoms. The number of hydrogen-bond donors (Lipinski definition) is 3. The standard InChI is InChI=1S/C24H25F3N2O3/c1-16(11-12-28-13-14-30)29-23(31)18-5-10-21-17(15-18)3-2-4-22(21)32-20-8-6-19(7-9-20)24(25,26)27/h2-10,15-16,28,30H,11-14H2,1H3,(H,29,31)/t16-/m1/s1. The number of aliphatic hydroxyl groups is 1. The maximum absolute atomic E-state index is 12.7. The van der Waals surface area contributed by atoms with Crippen LogP contribution in [0.15, 0.2) is 60.7 Å². The first kappa shape index (κ1) is 23.6. The number of nitrogens with one attached hydrogen (secondary N) is 2. The molecule has 1 atom stereocenters. The summed E-state index contributed by atoms with van der Waals surface area (Å²) in [6.07, 6.45) is -3.67. The molecule has 3 aromatic carbocycles. The first-order valence-corrected chi connectivity index (χ1v) is 10.3. The number of fused-ring (bicyclic) bond motifs is 1. The lowest BCUT2D eigenvalue weighted by Crippen LogP contribution is -2.35. The van der Waals surface area contributed by atoms with E-state index < -0.39 is 11.7 Å². The average Bonchev–Trinajstić information content (AvgIpc) is 2.76. The van der Waals surface area contributed by atoms with Crippen LogP contribution >= 0.6 is 0 Å². The molecule has 5 nitrogen and oxygen atoms in total. The fraction of sp³-hybridized carbons (Fsp3) is 0.292. The van der Waals surface area contributed by atoms with Gasteiger partial charge in [0, 0.05) is 23.5 Å². The number of rotatable bonds is 9. The molecular formula is C24H25F3N2O3. The van der Waals surface area contributed by atoms with Crippen molar-refractivity contribution in [3.8, 4) is 11.5 Å². The summed E-state index contributed by atoms with van der Waals surface area (Å²) in [6, 6.07) is 15.0. The van der Waals surface area contributed by atoms with Crippen molar-refractivity contribution in [3.63, 3.8) is 0 Å². The van der Waals surface area contributed by atoms with Crippen molar-refractivity contribution in [3.05, 3.63) is 71.8 Å². The van der Waals surface area contributed by atoms with E-state index in [1.807, 2.05) is 13.0 Å². The Morgan fingerprint density at radius 1 is 1.06 bits per heavy atom. The molecule has 0 unspecified atom stereocenters. The third-order valence-corrected chi connectivity index (χ3v) is 4.93.